The van der Waals surface area contributed by atoms with Gasteiger partial charge in [-0.05, 0) is 24.1 Å². The van der Waals surface area contributed by atoms with Gasteiger partial charge in [0.15, 0.2) is 0 Å². The van der Waals surface area contributed by atoms with Gasteiger partial charge in [0, 0.05) is 12.0 Å². The van der Waals surface area contributed by atoms with Gasteiger partial charge in [-0.3, -0.25) is 5.32 Å². The minimum Gasteiger partial charge on any atom is -0.449 e. The van der Waals surface area contributed by atoms with Crippen LogP contribution in [0.3, 0.4) is 0 Å². The number of carbonyl (C=O) groups is 1. The standard InChI is InChI=1S/C15H18ClNO3/c1-11(2)10-20-15(19)17-14-9-12(5-3-4-8-18)6-7-13(14)16/h6-7,9,11,18H,4,8,10H2,1-2H3,(H,17,19). The van der Waals surface area contributed by atoms with Crippen molar-refractivity contribution in [1.29, 1.82) is 0 Å². The van der Waals surface area contributed by atoms with E-state index in [1.54, 1.807) is 18.2 Å². The van der Waals surface area contributed by atoms with Gasteiger partial charge < -0.3 is 9.84 Å². The molecule has 5 heteroatoms. The van der Waals surface area contributed by atoms with E-state index >= 15 is 0 Å². The molecule has 0 fully saturated rings. The fourth-order valence-corrected chi connectivity index (χ4v) is 1.47. The average Bonchev–Trinajstić information content (AvgIpc) is 2.40. The number of aliphatic hydroxyl groups is 1. The first kappa shape index (κ1) is 16.4. The van der Waals surface area contributed by atoms with Gasteiger partial charge in [0.1, 0.15) is 0 Å². The maximum atomic E-state index is 11.6. The van der Waals surface area contributed by atoms with E-state index in [0.717, 1.165) is 0 Å². The number of aliphatic hydroxyl groups excluding tert-OH is 1. The largest absolute Gasteiger partial charge is 0.449 e. The van der Waals surface area contributed by atoms with Crippen molar-refractivity contribution in [3.05, 3.63) is 28.8 Å². The summed E-state index contributed by atoms with van der Waals surface area (Å²) in [5.74, 6) is 5.95. The van der Waals surface area contributed by atoms with E-state index < -0.39 is 6.09 Å². The van der Waals surface area contributed by atoms with Crippen molar-refractivity contribution in [1.82, 2.24) is 0 Å². The third-order valence-electron chi connectivity index (χ3n) is 2.22. The Kier molecular flexibility index (Phi) is 6.92. The SMILES string of the molecule is CC(C)COC(=O)Nc1cc(C#CCCO)ccc1Cl. The van der Waals surface area contributed by atoms with Crippen LogP contribution in [-0.4, -0.2) is 24.4 Å². The third kappa shape index (κ3) is 5.96. The highest BCUT2D eigenvalue weighted by Crippen LogP contribution is 2.23. The second kappa shape index (κ2) is 8.47. The second-order valence-electron chi connectivity index (χ2n) is 4.59. The molecule has 1 amide bonds. The summed E-state index contributed by atoms with van der Waals surface area (Å²) in [4.78, 5) is 11.6. The Morgan fingerprint density at radius 2 is 2.25 bits per heavy atom. The van der Waals surface area contributed by atoms with Crippen molar-refractivity contribution in [2.75, 3.05) is 18.5 Å². The van der Waals surface area contributed by atoms with Crippen molar-refractivity contribution in [2.45, 2.75) is 20.3 Å². The summed E-state index contributed by atoms with van der Waals surface area (Å²) in [5.41, 5.74) is 1.17. The lowest BCUT2D eigenvalue weighted by Gasteiger charge is -2.10. The van der Waals surface area contributed by atoms with Crippen molar-refractivity contribution >= 4 is 23.4 Å². The van der Waals surface area contributed by atoms with Crippen LogP contribution in [0, 0.1) is 17.8 Å². The Morgan fingerprint density at radius 1 is 1.50 bits per heavy atom. The molecule has 1 rings (SSSR count). The van der Waals surface area contributed by atoms with Crippen molar-refractivity contribution in [3.8, 4) is 11.8 Å². The lowest BCUT2D eigenvalue weighted by Crippen LogP contribution is -2.16. The number of ether oxygens (including phenoxy) is 1. The fraction of sp³-hybridized carbons (Fsp3) is 0.400. The zero-order valence-corrected chi connectivity index (χ0v) is 12.3. The molecule has 1 aromatic carbocycles. The first-order chi connectivity index (χ1) is 9.52. The van der Waals surface area contributed by atoms with E-state index in [1.165, 1.54) is 0 Å². The first-order valence-corrected chi connectivity index (χ1v) is 6.73. The van der Waals surface area contributed by atoms with E-state index in [4.69, 9.17) is 21.4 Å². The molecule has 1 aromatic rings. The molecule has 0 aliphatic carbocycles. The summed E-state index contributed by atoms with van der Waals surface area (Å²) in [6.07, 6.45) is -0.136. The van der Waals surface area contributed by atoms with Crippen LogP contribution in [-0.2, 0) is 4.74 Å². The molecule has 0 atom stereocenters. The minimum absolute atomic E-state index is 0.0211. The average molecular weight is 296 g/mol. The van der Waals surface area contributed by atoms with Crippen molar-refractivity contribution < 1.29 is 14.6 Å². The molecule has 0 saturated carbocycles. The van der Waals surface area contributed by atoms with Gasteiger partial charge in [0.25, 0.3) is 0 Å². The number of nitrogens with one attached hydrogen (secondary N) is 1. The van der Waals surface area contributed by atoms with E-state index in [-0.39, 0.29) is 12.5 Å². The fourth-order valence-electron chi connectivity index (χ4n) is 1.31. The number of carbonyl (C=O) groups excluding carboxylic acids is 1. The number of amides is 1. The summed E-state index contributed by atoms with van der Waals surface area (Å²) in [5, 5.41) is 11.7. The van der Waals surface area contributed by atoms with Crippen LogP contribution >= 0.6 is 11.6 Å². The molecule has 0 aliphatic heterocycles. The zero-order valence-electron chi connectivity index (χ0n) is 11.6. The van der Waals surface area contributed by atoms with Gasteiger partial charge in [-0.15, -0.1) is 0 Å². The molecular formula is C15H18ClNO3. The predicted molar refractivity (Wildman–Crippen MR) is 79.8 cm³/mol. The lowest BCUT2D eigenvalue weighted by molar-refractivity contribution is 0.147. The van der Waals surface area contributed by atoms with Gasteiger partial charge >= 0.3 is 6.09 Å². The zero-order chi connectivity index (χ0) is 15.0. The Morgan fingerprint density at radius 3 is 2.90 bits per heavy atom. The first-order valence-electron chi connectivity index (χ1n) is 6.36. The van der Waals surface area contributed by atoms with Crippen molar-refractivity contribution in [3.63, 3.8) is 0 Å². The summed E-state index contributed by atoms with van der Waals surface area (Å²) in [6, 6.07) is 5.07. The minimum atomic E-state index is -0.541. The number of rotatable bonds is 4. The Bertz CT molecular complexity index is 518. The third-order valence-corrected chi connectivity index (χ3v) is 2.55. The van der Waals surface area contributed by atoms with Crippen LogP contribution in [0.15, 0.2) is 18.2 Å². The molecule has 108 valence electrons. The number of benzene rings is 1. The molecule has 0 unspecified atom stereocenters. The summed E-state index contributed by atoms with van der Waals surface area (Å²) in [7, 11) is 0. The highest BCUT2D eigenvalue weighted by Gasteiger charge is 2.08. The number of hydrogen-bond donors (Lipinski definition) is 2. The number of halogens is 1. The normalized spacial score (nSPS) is 9.85. The van der Waals surface area contributed by atoms with Crippen LogP contribution in [0.2, 0.25) is 5.02 Å². The molecule has 0 radical (unpaired) electrons. The van der Waals surface area contributed by atoms with Gasteiger partial charge in [-0.25, -0.2) is 4.79 Å². The molecule has 0 spiro atoms. The molecule has 0 bridgehead atoms. The van der Waals surface area contributed by atoms with Crippen LogP contribution in [0.4, 0.5) is 10.5 Å². The van der Waals surface area contributed by atoms with E-state index in [9.17, 15) is 4.79 Å². The number of hydrogen-bond acceptors (Lipinski definition) is 3. The maximum absolute atomic E-state index is 11.6. The molecular weight excluding hydrogens is 278 g/mol. The summed E-state index contributed by atoms with van der Waals surface area (Å²) in [6.45, 7) is 4.28. The second-order valence-corrected chi connectivity index (χ2v) is 4.99. The van der Waals surface area contributed by atoms with Crippen LogP contribution in [0.25, 0.3) is 0 Å². The van der Waals surface area contributed by atoms with Crippen LogP contribution < -0.4 is 5.32 Å². The van der Waals surface area contributed by atoms with Gasteiger partial charge in [0.2, 0.25) is 0 Å². The quantitative estimate of drug-likeness (QED) is 0.838. The number of anilines is 1. The monoisotopic (exact) mass is 295 g/mol. The Hall–Kier alpha value is -1.70. The molecule has 4 nitrogen and oxygen atoms in total. The molecule has 0 heterocycles. The Labute approximate surface area is 124 Å². The van der Waals surface area contributed by atoms with Gasteiger partial charge in [0.05, 0.1) is 23.9 Å². The molecule has 20 heavy (non-hydrogen) atoms. The summed E-state index contributed by atoms with van der Waals surface area (Å²) < 4.78 is 5.02. The topological polar surface area (TPSA) is 58.6 Å². The molecule has 0 aromatic heterocycles. The highest BCUT2D eigenvalue weighted by atomic mass is 35.5. The lowest BCUT2D eigenvalue weighted by atomic mass is 10.2. The Balaban J connectivity index is 2.72. The van der Waals surface area contributed by atoms with E-state index in [0.29, 0.717) is 29.3 Å². The van der Waals surface area contributed by atoms with E-state index in [2.05, 4.69) is 17.2 Å². The van der Waals surface area contributed by atoms with E-state index in [1.807, 2.05) is 13.8 Å². The van der Waals surface area contributed by atoms with Crippen LogP contribution in [0.1, 0.15) is 25.8 Å². The maximum Gasteiger partial charge on any atom is 0.411 e. The van der Waals surface area contributed by atoms with Crippen LogP contribution in [0.5, 0.6) is 0 Å². The van der Waals surface area contributed by atoms with Crippen molar-refractivity contribution in [2.24, 2.45) is 5.92 Å². The molecule has 2 N–H and O–H groups in total. The summed E-state index contributed by atoms with van der Waals surface area (Å²) >= 11 is 6.01. The van der Waals surface area contributed by atoms with Gasteiger partial charge in [-0.2, -0.15) is 0 Å². The molecule has 0 saturated heterocycles. The highest BCUT2D eigenvalue weighted by molar-refractivity contribution is 6.33. The molecule has 0 aliphatic rings. The smallest absolute Gasteiger partial charge is 0.411 e. The predicted octanol–water partition coefficient (Wildman–Crippen LogP) is 3.28. The van der Waals surface area contributed by atoms with Gasteiger partial charge in [-0.1, -0.05) is 37.3 Å².